The molecule has 0 aromatic heterocycles. The van der Waals surface area contributed by atoms with E-state index in [9.17, 15) is 9.18 Å². The molecule has 0 saturated heterocycles. The molecule has 0 saturated carbocycles. The molecule has 1 aromatic rings. The summed E-state index contributed by atoms with van der Waals surface area (Å²) < 4.78 is 17.9. The van der Waals surface area contributed by atoms with Gasteiger partial charge in [0.15, 0.2) is 6.61 Å². The lowest BCUT2D eigenvalue weighted by atomic mass is 9.94. The average Bonchev–Trinajstić information content (AvgIpc) is 2.44. The lowest BCUT2D eigenvalue weighted by molar-refractivity contribution is -0.123. The van der Waals surface area contributed by atoms with Gasteiger partial charge in [-0.2, -0.15) is 0 Å². The highest BCUT2D eigenvalue weighted by Gasteiger charge is 2.20. The molecule has 0 atom stereocenters. The molecule has 1 rings (SSSR count). The molecule has 3 N–H and O–H groups in total. The fraction of sp³-hybridized carbons (Fsp3) is 0.500. The van der Waals surface area contributed by atoms with Gasteiger partial charge in [-0.05, 0) is 37.1 Å². The Morgan fingerprint density at radius 3 is 2.35 bits per heavy atom. The predicted molar refractivity (Wildman–Crippen MR) is 79.7 cm³/mol. The zero-order valence-corrected chi connectivity index (χ0v) is 12.6. The van der Waals surface area contributed by atoms with Gasteiger partial charge in [-0.3, -0.25) is 4.79 Å². The van der Waals surface area contributed by atoms with Crippen LogP contribution >= 0.6 is 12.4 Å². The number of ether oxygens (including phenoxy) is 1. The summed E-state index contributed by atoms with van der Waals surface area (Å²) in [4.78, 5) is 11.6. The minimum Gasteiger partial charge on any atom is -0.484 e. The van der Waals surface area contributed by atoms with Crippen LogP contribution in [0.5, 0.6) is 5.75 Å². The van der Waals surface area contributed by atoms with Crippen molar-refractivity contribution in [3.05, 3.63) is 30.1 Å². The van der Waals surface area contributed by atoms with Crippen LogP contribution in [0.2, 0.25) is 0 Å². The molecule has 6 heteroatoms. The first-order chi connectivity index (χ1) is 8.99. The van der Waals surface area contributed by atoms with Crippen molar-refractivity contribution < 1.29 is 13.9 Å². The fourth-order valence-electron chi connectivity index (χ4n) is 1.51. The zero-order chi connectivity index (χ0) is 14.3. The molecule has 0 unspecified atom stereocenters. The quantitative estimate of drug-likeness (QED) is 0.812. The Hall–Kier alpha value is -1.33. The van der Waals surface area contributed by atoms with Crippen molar-refractivity contribution in [1.29, 1.82) is 0 Å². The minimum absolute atomic E-state index is 0. The highest BCUT2D eigenvalue weighted by Crippen LogP contribution is 2.11. The first-order valence-corrected chi connectivity index (χ1v) is 6.43. The monoisotopic (exact) mass is 304 g/mol. The van der Waals surface area contributed by atoms with Crippen LogP contribution in [0.1, 0.15) is 26.7 Å². The summed E-state index contributed by atoms with van der Waals surface area (Å²) >= 11 is 0. The highest BCUT2D eigenvalue weighted by molar-refractivity contribution is 5.85. The van der Waals surface area contributed by atoms with Crippen LogP contribution in [-0.4, -0.2) is 24.6 Å². The fourth-order valence-corrected chi connectivity index (χ4v) is 1.51. The van der Waals surface area contributed by atoms with E-state index in [1.165, 1.54) is 24.3 Å². The van der Waals surface area contributed by atoms with E-state index in [4.69, 9.17) is 10.5 Å². The SMILES string of the molecule is CCC(N)(CC)CNC(=O)COc1ccc(F)cc1.Cl. The molecule has 0 aliphatic rings. The van der Waals surface area contributed by atoms with Crippen LogP contribution in [0.15, 0.2) is 24.3 Å². The van der Waals surface area contributed by atoms with E-state index in [1.807, 2.05) is 13.8 Å². The summed E-state index contributed by atoms with van der Waals surface area (Å²) in [7, 11) is 0. The summed E-state index contributed by atoms with van der Waals surface area (Å²) in [5.74, 6) is -0.113. The molecule has 0 bridgehead atoms. The van der Waals surface area contributed by atoms with E-state index >= 15 is 0 Å². The third kappa shape index (κ3) is 6.21. The van der Waals surface area contributed by atoms with Crippen LogP contribution < -0.4 is 15.8 Å². The Labute approximate surface area is 125 Å². The molecule has 0 aliphatic carbocycles. The molecule has 1 amide bonds. The van der Waals surface area contributed by atoms with Crippen molar-refractivity contribution in [3.8, 4) is 5.75 Å². The molecule has 114 valence electrons. The van der Waals surface area contributed by atoms with E-state index in [1.54, 1.807) is 0 Å². The number of halogens is 2. The number of nitrogens with two attached hydrogens (primary N) is 1. The Morgan fingerprint density at radius 1 is 1.30 bits per heavy atom. The number of carbonyl (C=O) groups excluding carboxylic acids is 1. The van der Waals surface area contributed by atoms with Crippen LogP contribution in [0.4, 0.5) is 4.39 Å². The summed E-state index contributed by atoms with van der Waals surface area (Å²) in [6.45, 7) is 4.30. The topological polar surface area (TPSA) is 64.3 Å². The lowest BCUT2D eigenvalue weighted by Gasteiger charge is -2.26. The Bertz CT molecular complexity index is 408. The van der Waals surface area contributed by atoms with Crippen LogP contribution in [0, 0.1) is 5.82 Å². The number of nitrogens with one attached hydrogen (secondary N) is 1. The highest BCUT2D eigenvalue weighted by atomic mass is 35.5. The summed E-state index contributed by atoms with van der Waals surface area (Å²) in [5, 5.41) is 2.74. The van der Waals surface area contributed by atoms with E-state index in [-0.39, 0.29) is 36.3 Å². The van der Waals surface area contributed by atoms with Crippen molar-refractivity contribution in [1.82, 2.24) is 5.32 Å². The van der Waals surface area contributed by atoms with Gasteiger partial charge < -0.3 is 15.8 Å². The maximum Gasteiger partial charge on any atom is 0.258 e. The van der Waals surface area contributed by atoms with Gasteiger partial charge in [0.25, 0.3) is 5.91 Å². The maximum atomic E-state index is 12.7. The number of hydrogen-bond acceptors (Lipinski definition) is 3. The van der Waals surface area contributed by atoms with Gasteiger partial charge in [0.2, 0.25) is 0 Å². The first kappa shape index (κ1) is 18.7. The van der Waals surface area contributed by atoms with Gasteiger partial charge in [-0.1, -0.05) is 13.8 Å². The predicted octanol–water partition coefficient (Wildman–Crippen LogP) is 2.26. The number of carbonyl (C=O) groups is 1. The molecule has 20 heavy (non-hydrogen) atoms. The molecule has 0 radical (unpaired) electrons. The summed E-state index contributed by atoms with van der Waals surface area (Å²) in [6, 6.07) is 5.53. The van der Waals surface area contributed by atoms with Crippen molar-refractivity contribution >= 4 is 18.3 Å². The van der Waals surface area contributed by atoms with Gasteiger partial charge in [0, 0.05) is 12.1 Å². The third-order valence-electron chi connectivity index (χ3n) is 3.23. The summed E-state index contributed by atoms with van der Waals surface area (Å²) in [5.41, 5.74) is 5.70. The van der Waals surface area contributed by atoms with Crippen LogP contribution in [-0.2, 0) is 4.79 Å². The molecular weight excluding hydrogens is 283 g/mol. The van der Waals surface area contributed by atoms with E-state index in [2.05, 4.69) is 5.32 Å². The molecule has 0 fully saturated rings. The number of benzene rings is 1. The van der Waals surface area contributed by atoms with Gasteiger partial charge in [-0.25, -0.2) is 4.39 Å². The van der Waals surface area contributed by atoms with Crippen molar-refractivity contribution in [2.24, 2.45) is 5.73 Å². The first-order valence-electron chi connectivity index (χ1n) is 6.43. The largest absolute Gasteiger partial charge is 0.484 e. The number of hydrogen-bond donors (Lipinski definition) is 2. The Balaban J connectivity index is 0.00000361. The summed E-state index contributed by atoms with van der Waals surface area (Å²) in [6.07, 6.45) is 1.59. The molecular formula is C14H22ClFN2O2. The second-order valence-corrected chi connectivity index (χ2v) is 4.59. The third-order valence-corrected chi connectivity index (χ3v) is 3.23. The van der Waals surface area contributed by atoms with Gasteiger partial charge in [0.05, 0.1) is 0 Å². The zero-order valence-electron chi connectivity index (χ0n) is 11.8. The van der Waals surface area contributed by atoms with Gasteiger partial charge >= 0.3 is 0 Å². The molecule has 4 nitrogen and oxygen atoms in total. The van der Waals surface area contributed by atoms with Gasteiger partial charge in [-0.15, -0.1) is 12.4 Å². The van der Waals surface area contributed by atoms with E-state index in [0.717, 1.165) is 12.8 Å². The molecule has 1 aromatic carbocycles. The molecule has 0 spiro atoms. The Morgan fingerprint density at radius 2 is 1.85 bits per heavy atom. The van der Waals surface area contributed by atoms with E-state index < -0.39 is 0 Å². The normalized spacial score (nSPS) is 10.6. The van der Waals surface area contributed by atoms with Crippen LogP contribution in [0.3, 0.4) is 0 Å². The van der Waals surface area contributed by atoms with E-state index in [0.29, 0.717) is 12.3 Å². The molecule has 0 heterocycles. The number of rotatable bonds is 7. The Kier molecular flexibility index (Phi) is 8.18. The molecule has 0 aliphatic heterocycles. The van der Waals surface area contributed by atoms with Gasteiger partial charge in [0.1, 0.15) is 11.6 Å². The minimum atomic E-state index is -0.370. The van der Waals surface area contributed by atoms with Crippen molar-refractivity contribution in [2.45, 2.75) is 32.2 Å². The van der Waals surface area contributed by atoms with Crippen LogP contribution in [0.25, 0.3) is 0 Å². The number of amides is 1. The standard InChI is InChI=1S/C14H21FN2O2.ClH/c1-3-14(16,4-2)10-17-13(18)9-19-12-7-5-11(15)6-8-12;/h5-8H,3-4,9-10,16H2,1-2H3,(H,17,18);1H. The van der Waals surface area contributed by atoms with Crippen molar-refractivity contribution in [3.63, 3.8) is 0 Å². The average molecular weight is 305 g/mol. The maximum absolute atomic E-state index is 12.7. The lowest BCUT2D eigenvalue weighted by Crippen LogP contribution is -2.50. The smallest absolute Gasteiger partial charge is 0.258 e. The second-order valence-electron chi connectivity index (χ2n) is 4.59. The second kappa shape index (κ2) is 8.76. The van der Waals surface area contributed by atoms with Crippen molar-refractivity contribution in [2.75, 3.05) is 13.2 Å².